The predicted octanol–water partition coefficient (Wildman–Crippen LogP) is 9.61. The first kappa shape index (κ1) is 26.2. The van der Waals surface area contributed by atoms with E-state index in [4.69, 9.17) is 5.73 Å². The average molecular weight is 554 g/mol. The van der Waals surface area contributed by atoms with Crippen LogP contribution in [0, 0.1) is 0 Å². The summed E-state index contributed by atoms with van der Waals surface area (Å²) in [5.74, 6) is 0.0202. The van der Waals surface area contributed by atoms with Gasteiger partial charge in [0, 0.05) is 22.4 Å². The van der Waals surface area contributed by atoms with Gasteiger partial charge in [-0.2, -0.15) is 0 Å². The first-order chi connectivity index (χ1) is 21.3. The molecule has 43 heavy (non-hydrogen) atoms. The zero-order valence-corrected chi connectivity index (χ0v) is 23.7. The number of benzene rings is 6. The molecule has 1 atom stereocenters. The topological polar surface area (TPSA) is 43.3 Å². The Balaban J connectivity index is 1.24. The Kier molecular flexibility index (Phi) is 7.12. The molecule has 0 aliphatic rings. The Morgan fingerprint density at radius 3 is 1.60 bits per heavy atom. The summed E-state index contributed by atoms with van der Waals surface area (Å²) in [6.45, 7) is 0. The summed E-state index contributed by atoms with van der Waals surface area (Å²) in [6, 6.07) is 55.7. The van der Waals surface area contributed by atoms with Crippen LogP contribution in [0.25, 0.3) is 44.3 Å². The van der Waals surface area contributed by atoms with Crippen LogP contribution in [0.3, 0.4) is 0 Å². The van der Waals surface area contributed by atoms with Gasteiger partial charge in [0.1, 0.15) is 0 Å². The van der Waals surface area contributed by atoms with Crippen LogP contribution in [0.2, 0.25) is 0 Å². The van der Waals surface area contributed by atoms with Gasteiger partial charge in [0.2, 0.25) is 0 Å². The highest BCUT2D eigenvalue weighted by atomic mass is 15.0. The number of rotatable bonds is 7. The standard InChI is InChI=1S/C40H31N3/c41-28-42-38(33-13-5-2-6-14-33)27-37(31-11-3-1-4-12-31)32-21-19-29(20-22-32)30-23-25-34(26-24-30)43-39-17-9-7-15-35(39)36-16-8-10-18-40(36)43/h1-28,37H,(H2,41,42)/b38-27-. The van der Waals surface area contributed by atoms with E-state index in [0.29, 0.717) is 0 Å². The van der Waals surface area contributed by atoms with E-state index in [-0.39, 0.29) is 5.92 Å². The molecule has 1 unspecified atom stereocenters. The van der Waals surface area contributed by atoms with Crippen molar-refractivity contribution < 1.29 is 0 Å². The van der Waals surface area contributed by atoms with Crippen molar-refractivity contribution in [1.29, 1.82) is 0 Å². The van der Waals surface area contributed by atoms with Gasteiger partial charge in [-0.15, -0.1) is 0 Å². The van der Waals surface area contributed by atoms with E-state index >= 15 is 0 Å². The third-order valence-corrected chi connectivity index (χ3v) is 8.08. The van der Waals surface area contributed by atoms with Crippen molar-refractivity contribution >= 4 is 33.8 Å². The lowest BCUT2D eigenvalue weighted by Crippen LogP contribution is -2.00. The van der Waals surface area contributed by atoms with Crippen LogP contribution < -0.4 is 5.73 Å². The van der Waals surface area contributed by atoms with E-state index in [1.807, 2.05) is 24.3 Å². The highest BCUT2D eigenvalue weighted by Crippen LogP contribution is 2.34. The largest absolute Gasteiger partial charge is 0.390 e. The zero-order chi connectivity index (χ0) is 29.0. The Morgan fingerprint density at radius 2 is 1.02 bits per heavy atom. The molecule has 3 heteroatoms. The van der Waals surface area contributed by atoms with Crippen molar-refractivity contribution in [2.45, 2.75) is 5.92 Å². The fourth-order valence-electron chi connectivity index (χ4n) is 5.99. The quantitative estimate of drug-likeness (QED) is 0.155. The van der Waals surface area contributed by atoms with E-state index in [1.165, 1.54) is 50.4 Å². The second kappa shape index (κ2) is 11.7. The summed E-state index contributed by atoms with van der Waals surface area (Å²) in [7, 11) is 0. The molecular weight excluding hydrogens is 522 g/mol. The Bertz CT molecular complexity index is 2000. The highest BCUT2D eigenvalue weighted by molar-refractivity contribution is 6.09. The molecule has 2 N–H and O–H groups in total. The van der Waals surface area contributed by atoms with Crippen LogP contribution in [0.1, 0.15) is 22.6 Å². The number of aromatic nitrogens is 1. The first-order valence-electron chi connectivity index (χ1n) is 14.6. The summed E-state index contributed by atoms with van der Waals surface area (Å²) < 4.78 is 2.35. The molecule has 0 saturated carbocycles. The molecule has 0 bridgehead atoms. The monoisotopic (exact) mass is 553 g/mol. The van der Waals surface area contributed by atoms with Crippen LogP contribution in [0.5, 0.6) is 0 Å². The van der Waals surface area contributed by atoms with E-state index in [9.17, 15) is 0 Å². The summed E-state index contributed by atoms with van der Waals surface area (Å²) >= 11 is 0. The van der Waals surface area contributed by atoms with Crippen molar-refractivity contribution in [1.82, 2.24) is 4.57 Å². The van der Waals surface area contributed by atoms with Gasteiger partial charge >= 0.3 is 0 Å². The molecule has 0 radical (unpaired) electrons. The summed E-state index contributed by atoms with van der Waals surface area (Å²) in [5, 5.41) is 2.54. The minimum Gasteiger partial charge on any atom is -0.390 e. The fraction of sp³-hybridized carbons (Fsp3) is 0.0250. The van der Waals surface area contributed by atoms with Gasteiger partial charge in [-0.3, -0.25) is 0 Å². The molecule has 7 rings (SSSR count). The number of fused-ring (bicyclic) bond motifs is 3. The molecule has 0 spiro atoms. The molecule has 0 fully saturated rings. The number of nitrogens with two attached hydrogens (primary N) is 1. The SMILES string of the molecule is NC=N/C(=C\C(c1ccccc1)c1ccc(-c2ccc(-n3c4ccccc4c4ccccc43)cc2)cc1)c1ccccc1. The van der Waals surface area contributed by atoms with E-state index in [0.717, 1.165) is 16.9 Å². The van der Waals surface area contributed by atoms with Gasteiger partial charge in [0.05, 0.1) is 23.1 Å². The van der Waals surface area contributed by atoms with Crippen LogP contribution in [-0.4, -0.2) is 10.9 Å². The number of hydrogen-bond acceptors (Lipinski definition) is 1. The molecule has 0 saturated heterocycles. The van der Waals surface area contributed by atoms with Crippen LogP contribution >= 0.6 is 0 Å². The average Bonchev–Trinajstić information content (AvgIpc) is 3.42. The third kappa shape index (κ3) is 5.13. The molecule has 6 aromatic carbocycles. The first-order valence-corrected chi connectivity index (χ1v) is 14.6. The molecule has 7 aromatic rings. The molecule has 1 heterocycles. The molecule has 0 amide bonds. The fourth-order valence-corrected chi connectivity index (χ4v) is 5.99. The second-order valence-corrected chi connectivity index (χ2v) is 10.6. The van der Waals surface area contributed by atoms with Crippen LogP contribution in [0.4, 0.5) is 0 Å². The van der Waals surface area contributed by atoms with Crippen molar-refractivity contribution in [3.05, 3.63) is 180 Å². The van der Waals surface area contributed by atoms with Gasteiger partial charge in [0.15, 0.2) is 0 Å². The molecule has 0 aliphatic carbocycles. The maximum absolute atomic E-state index is 5.77. The maximum atomic E-state index is 5.77. The zero-order valence-electron chi connectivity index (χ0n) is 23.7. The molecular formula is C40H31N3. The lowest BCUT2D eigenvalue weighted by molar-refractivity contribution is 1.02. The van der Waals surface area contributed by atoms with Gasteiger partial charge in [-0.1, -0.05) is 133 Å². The Hall–Kier alpha value is -5.67. The summed E-state index contributed by atoms with van der Waals surface area (Å²) in [6.07, 6.45) is 3.57. The Labute approximate surface area is 251 Å². The van der Waals surface area contributed by atoms with Crippen LogP contribution in [0.15, 0.2) is 169 Å². The van der Waals surface area contributed by atoms with Crippen molar-refractivity contribution in [3.63, 3.8) is 0 Å². The smallest absolute Gasteiger partial charge is 0.0860 e. The number of para-hydroxylation sites is 2. The Morgan fingerprint density at radius 1 is 0.535 bits per heavy atom. The highest BCUT2D eigenvalue weighted by Gasteiger charge is 2.15. The lowest BCUT2D eigenvalue weighted by atomic mass is 9.88. The van der Waals surface area contributed by atoms with E-state index in [1.54, 1.807) is 0 Å². The molecule has 3 nitrogen and oxygen atoms in total. The van der Waals surface area contributed by atoms with Gasteiger partial charge in [0.25, 0.3) is 0 Å². The molecule has 0 aliphatic heterocycles. The normalized spacial score (nSPS) is 12.7. The summed E-state index contributed by atoms with van der Waals surface area (Å²) in [5.41, 5.74) is 16.0. The van der Waals surface area contributed by atoms with Gasteiger partial charge in [-0.05, 0) is 58.2 Å². The third-order valence-electron chi connectivity index (χ3n) is 8.08. The summed E-state index contributed by atoms with van der Waals surface area (Å²) in [4.78, 5) is 4.53. The number of nitrogens with zero attached hydrogens (tertiary/aromatic N) is 2. The minimum atomic E-state index is 0.0202. The van der Waals surface area contributed by atoms with Crippen molar-refractivity contribution in [3.8, 4) is 16.8 Å². The minimum absolute atomic E-state index is 0.0202. The number of aliphatic imine (C=N–C) groups is 1. The van der Waals surface area contributed by atoms with Gasteiger partial charge < -0.3 is 10.3 Å². The van der Waals surface area contributed by atoms with E-state index < -0.39 is 0 Å². The number of allylic oxidation sites excluding steroid dienone is 1. The molecule has 1 aromatic heterocycles. The van der Waals surface area contributed by atoms with Gasteiger partial charge in [-0.25, -0.2) is 4.99 Å². The van der Waals surface area contributed by atoms with Crippen molar-refractivity contribution in [2.24, 2.45) is 10.7 Å². The number of hydrogen-bond donors (Lipinski definition) is 1. The lowest BCUT2D eigenvalue weighted by Gasteiger charge is -2.17. The molecule has 206 valence electrons. The van der Waals surface area contributed by atoms with E-state index in [2.05, 4.69) is 149 Å². The predicted molar refractivity (Wildman–Crippen MR) is 182 cm³/mol. The van der Waals surface area contributed by atoms with Crippen LogP contribution in [-0.2, 0) is 0 Å². The van der Waals surface area contributed by atoms with Crippen molar-refractivity contribution in [2.75, 3.05) is 0 Å². The maximum Gasteiger partial charge on any atom is 0.0860 e. The second-order valence-electron chi connectivity index (χ2n) is 10.6.